The number of anilines is 2. The molecule has 6 N–H and O–H groups in total. The minimum absolute atomic E-state index is 0.0214. The molecule has 1 unspecified atom stereocenters. The molecular formula is C47H56N6O10. The van der Waals surface area contributed by atoms with Crippen LogP contribution in [-0.4, -0.2) is 121 Å². The summed E-state index contributed by atoms with van der Waals surface area (Å²) in [6.45, 7) is 9.95. The van der Waals surface area contributed by atoms with Crippen molar-refractivity contribution in [1.29, 1.82) is 0 Å². The molecular weight excluding hydrogens is 809 g/mol. The number of piperidine rings is 1. The lowest BCUT2D eigenvalue weighted by Crippen LogP contribution is -2.46. The molecule has 0 aromatic heterocycles. The van der Waals surface area contributed by atoms with Crippen LogP contribution in [0.4, 0.5) is 11.4 Å². The minimum Gasteiger partial charge on any atom is -0.507 e. The Morgan fingerprint density at radius 2 is 1.49 bits per heavy atom. The molecule has 63 heavy (non-hydrogen) atoms. The number of fused-ring (bicyclic) bond motifs is 1. The molecule has 0 saturated carbocycles. The molecule has 1 amide bonds. The van der Waals surface area contributed by atoms with Crippen LogP contribution in [0, 0.1) is 5.92 Å². The Balaban J connectivity index is 1.30. The zero-order valence-electron chi connectivity index (χ0n) is 36.6. The van der Waals surface area contributed by atoms with Gasteiger partial charge >= 0.3 is 5.97 Å². The number of hydrogen-bond acceptors (Lipinski definition) is 15. The average Bonchev–Trinajstić information content (AvgIpc) is 3.40. The summed E-state index contributed by atoms with van der Waals surface area (Å²) in [5, 5.41) is 30.3. The first kappa shape index (κ1) is 43.7. The van der Waals surface area contributed by atoms with Crippen molar-refractivity contribution in [3.8, 4) is 23.0 Å². The van der Waals surface area contributed by atoms with Gasteiger partial charge < -0.3 is 50.6 Å². The molecule has 8 rings (SSSR count). The van der Waals surface area contributed by atoms with Crippen LogP contribution < -0.4 is 51.7 Å². The van der Waals surface area contributed by atoms with Crippen molar-refractivity contribution in [3.63, 3.8) is 0 Å². The fourth-order valence-corrected chi connectivity index (χ4v) is 10.00. The van der Waals surface area contributed by atoms with Crippen LogP contribution in [-0.2, 0) is 19.1 Å². The predicted octanol–water partition coefficient (Wildman–Crippen LogP) is 3.88. The molecule has 16 heteroatoms. The number of hydrogen-bond donors (Lipinski definition) is 6. The Morgan fingerprint density at radius 1 is 0.810 bits per heavy atom. The lowest BCUT2D eigenvalue weighted by atomic mass is 9.80. The molecule has 0 bridgehead atoms. The third kappa shape index (κ3) is 8.00. The number of aromatic hydroxyl groups is 1. The maximum Gasteiger partial charge on any atom is 0.307 e. The van der Waals surface area contributed by atoms with E-state index in [-0.39, 0.29) is 70.9 Å². The summed E-state index contributed by atoms with van der Waals surface area (Å²) in [6, 6.07) is 3.02. The summed E-state index contributed by atoms with van der Waals surface area (Å²) in [5.41, 5.74) is 0.516. The number of methoxy groups -OCH3 is 3. The summed E-state index contributed by atoms with van der Waals surface area (Å²) in [6.07, 6.45) is 4.67. The van der Waals surface area contributed by atoms with E-state index in [1.54, 1.807) is 19.1 Å². The number of ether oxygens (including phenoxy) is 4. The molecule has 0 radical (unpaired) electrons. The number of piperazine rings is 1. The zero-order valence-corrected chi connectivity index (χ0v) is 36.6. The van der Waals surface area contributed by atoms with E-state index < -0.39 is 16.8 Å². The average molecular weight is 865 g/mol. The molecule has 3 aliphatic rings. The van der Waals surface area contributed by atoms with E-state index in [1.807, 2.05) is 0 Å². The molecule has 2 heterocycles. The van der Waals surface area contributed by atoms with E-state index >= 15 is 4.79 Å². The molecule has 5 aromatic rings. The Hall–Kier alpha value is -5.97. The number of rotatable bonds is 17. The second-order valence-corrected chi connectivity index (χ2v) is 16.7. The van der Waals surface area contributed by atoms with Crippen LogP contribution in [0.25, 0.3) is 49.2 Å². The highest BCUT2D eigenvalue weighted by molar-refractivity contribution is 6.40. The summed E-state index contributed by atoms with van der Waals surface area (Å²) >= 11 is 0. The van der Waals surface area contributed by atoms with Gasteiger partial charge in [-0.1, -0.05) is 11.6 Å². The van der Waals surface area contributed by atoms with Crippen molar-refractivity contribution in [1.82, 2.24) is 20.9 Å². The Labute approximate surface area is 364 Å². The van der Waals surface area contributed by atoms with Crippen molar-refractivity contribution in [3.05, 3.63) is 49.3 Å². The van der Waals surface area contributed by atoms with E-state index in [9.17, 15) is 24.3 Å². The van der Waals surface area contributed by atoms with Gasteiger partial charge in [-0.3, -0.25) is 28.9 Å². The standard InChI is InChI=1S/C47H56N6O10/c1-24-20-27-35-40-37(45(58)44(27)52-23-32(56)51-15-18-53-16-13-49-14-17-53)29(55)22-31(61-4)39(40)38-30(60-3)21-28(50-12-8-33(57)63-19-9-26-6-10-48-11-7-26)36-42(38)41(35)43(34(24)25(2)54)47(62-5)46(36)59/h20-22,26,34,48-50,52,55H,6-19,23H2,1-5H3,(H,51,56). The van der Waals surface area contributed by atoms with Crippen molar-refractivity contribution in [2.45, 2.75) is 45.4 Å². The second-order valence-electron chi connectivity index (χ2n) is 16.7. The van der Waals surface area contributed by atoms with Gasteiger partial charge in [-0.2, -0.15) is 0 Å². The van der Waals surface area contributed by atoms with Gasteiger partial charge in [0.2, 0.25) is 16.8 Å². The zero-order chi connectivity index (χ0) is 44.5. The first-order valence-electron chi connectivity index (χ1n) is 21.8. The van der Waals surface area contributed by atoms with Crippen LogP contribution in [0.1, 0.15) is 56.6 Å². The van der Waals surface area contributed by atoms with Gasteiger partial charge in [-0.25, -0.2) is 0 Å². The van der Waals surface area contributed by atoms with Gasteiger partial charge in [-0.15, -0.1) is 0 Å². The number of benzene rings is 5. The van der Waals surface area contributed by atoms with E-state index in [2.05, 4.69) is 31.5 Å². The van der Waals surface area contributed by atoms with Gasteiger partial charge in [0.1, 0.15) is 23.0 Å². The number of amides is 1. The number of Topliss-reactive ketones (excluding diaryl/α,β-unsaturated/α-hetero) is 1. The van der Waals surface area contributed by atoms with E-state index in [4.69, 9.17) is 18.9 Å². The summed E-state index contributed by atoms with van der Waals surface area (Å²) < 4.78 is 23.6. The van der Waals surface area contributed by atoms with Crippen LogP contribution in [0.15, 0.2) is 27.3 Å². The van der Waals surface area contributed by atoms with Crippen molar-refractivity contribution >= 4 is 78.2 Å². The van der Waals surface area contributed by atoms with Crippen molar-refractivity contribution in [2.24, 2.45) is 5.92 Å². The monoisotopic (exact) mass is 864 g/mol. The molecule has 2 fully saturated rings. The van der Waals surface area contributed by atoms with Crippen LogP contribution in [0.3, 0.4) is 0 Å². The molecule has 1 aliphatic carbocycles. The third-order valence-corrected chi connectivity index (χ3v) is 12.9. The molecule has 16 nitrogen and oxygen atoms in total. The van der Waals surface area contributed by atoms with Crippen molar-refractivity contribution in [2.75, 3.05) is 104 Å². The smallest absolute Gasteiger partial charge is 0.307 e. The largest absolute Gasteiger partial charge is 0.507 e. The Bertz CT molecular complexity index is 2740. The van der Waals surface area contributed by atoms with E-state index in [0.717, 1.165) is 58.5 Å². The molecule has 2 aliphatic heterocycles. The fraction of sp³-hybridized carbons (Fsp3) is 0.468. The number of carbonyl (C=O) groups is 3. The van der Waals surface area contributed by atoms with Gasteiger partial charge in [-0.05, 0) is 57.5 Å². The Morgan fingerprint density at radius 3 is 2.17 bits per heavy atom. The molecule has 5 aromatic carbocycles. The normalized spacial score (nSPS) is 17.0. The predicted molar refractivity (Wildman–Crippen MR) is 245 cm³/mol. The first-order valence-corrected chi connectivity index (χ1v) is 21.8. The minimum atomic E-state index is -0.985. The third-order valence-electron chi connectivity index (χ3n) is 12.9. The fourth-order valence-electron chi connectivity index (χ4n) is 10.00. The van der Waals surface area contributed by atoms with Gasteiger partial charge in [0, 0.05) is 102 Å². The number of phenolic OH excluding ortho intramolecular Hbond substituents is 1. The van der Waals surface area contributed by atoms with E-state index in [1.165, 1.54) is 34.3 Å². The van der Waals surface area contributed by atoms with E-state index in [0.29, 0.717) is 86.1 Å². The highest BCUT2D eigenvalue weighted by Crippen LogP contribution is 2.55. The Kier molecular flexibility index (Phi) is 12.8. The highest BCUT2D eigenvalue weighted by Gasteiger charge is 2.37. The SMILES string of the molecule is COc1c2c3c4c(c(NCC(=O)NCCN5CCNCC5)c(=O)c5c(O)cc(OC)c(c6c(OC)cc(NCCC(=O)OCCC7CCNCC7)c(c1=O)c63)c54)C=C(C)C2C(C)=O. The van der Waals surface area contributed by atoms with Crippen LogP contribution in [0.2, 0.25) is 0 Å². The van der Waals surface area contributed by atoms with Gasteiger partial charge in [0.05, 0.1) is 63.3 Å². The number of phenols is 1. The molecule has 2 saturated heterocycles. The number of ketones is 1. The first-order chi connectivity index (χ1) is 30.5. The number of carbonyl (C=O) groups excluding carboxylic acids is 3. The quantitative estimate of drug-likeness (QED) is 0.0446. The lowest BCUT2D eigenvalue weighted by Gasteiger charge is -2.27. The van der Waals surface area contributed by atoms with Crippen LogP contribution >= 0.6 is 0 Å². The topological polar surface area (TPSA) is 206 Å². The number of nitrogens with one attached hydrogen (secondary N) is 5. The maximum absolute atomic E-state index is 15.0. The maximum atomic E-state index is 15.0. The lowest BCUT2D eigenvalue weighted by molar-refractivity contribution is -0.143. The summed E-state index contributed by atoms with van der Waals surface area (Å²) in [4.78, 5) is 72.3. The van der Waals surface area contributed by atoms with Gasteiger partial charge in [0.15, 0.2) is 5.75 Å². The van der Waals surface area contributed by atoms with Crippen molar-refractivity contribution < 1.29 is 38.4 Å². The summed E-state index contributed by atoms with van der Waals surface area (Å²) in [7, 11) is 4.30. The molecule has 0 spiro atoms. The number of nitrogens with zero attached hydrogens (tertiary/aromatic N) is 1. The number of esters is 1. The molecule has 334 valence electrons. The number of allylic oxidation sites excluding steroid dienone is 1. The molecule has 1 atom stereocenters. The summed E-state index contributed by atoms with van der Waals surface area (Å²) in [5.74, 6) is -1.37. The second kappa shape index (κ2) is 18.4. The highest BCUT2D eigenvalue weighted by atomic mass is 16.5. The van der Waals surface area contributed by atoms with Gasteiger partial charge in [0.25, 0.3) is 0 Å². The van der Waals surface area contributed by atoms with Crippen LogP contribution in [0.5, 0.6) is 23.0 Å².